The smallest absolute Gasteiger partial charge is 0.224 e. The molecule has 1 atom stereocenters. The van der Waals surface area contributed by atoms with Crippen molar-refractivity contribution in [1.82, 2.24) is 4.90 Å². The van der Waals surface area contributed by atoms with Gasteiger partial charge in [0.2, 0.25) is 5.91 Å². The molecule has 104 valence electrons. The number of piperidine rings is 1. The predicted octanol–water partition coefficient (Wildman–Crippen LogP) is 3.32. The van der Waals surface area contributed by atoms with Gasteiger partial charge in [-0.15, -0.1) is 0 Å². The Morgan fingerprint density at radius 1 is 1.53 bits per heavy atom. The maximum absolute atomic E-state index is 12.1. The summed E-state index contributed by atoms with van der Waals surface area (Å²) in [6, 6.07) is 5.57. The lowest BCUT2D eigenvalue weighted by Gasteiger charge is -2.29. The zero-order valence-corrected chi connectivity index (χ0v) is 12.3. The van der Waals surface area contributed by atoms with Crippen molar-refractivity contribution in [2.75, 3.05) is 25.5 Å². The van der Waals surface area contributed by atoms with E-state index in [-0.39, 0.29) is 5.91 Å². The molecule has 0 saturated carbocycles. The highest BCUT2D eigenvalue weighted by molar-refractivity contribution is 6.31. The van der Waals surface area contributed by atoms with E-state index in [1.54, 1.807) is 0 Å². The minimum absolute atomic E-state index is 0.0886. The molecule has 1 amide bonds. The van der Waals surface area contributed by atoms with E-state index >= 15 is 0 Å². The van der Waals surface area contributed by atoms with Gasteiger partial charge in [-0.25, -0.2) is 0 Å². The third kappa shape index (κ3) is 4.22. The highest BCUT2D eigenvalue weighted by Crippen LogP contribution is 2.22. The van der Waals surface area contributed by atoms with Crippen LogP contribution in [0.3, 0.4) is 0 Å². The molecule has 1 fully saturated rings. The summed E-state index contributed by atoms with van der Waals surface area (Å²) in [5, 5.41) is 3.62. The predicted molar refractivity (Wildman–Crippen MR) is 79.7 cm³/mol. The van der Waals surface area contributed by atoms with Gasteiger partial charge in [0, 0.05) is 23.7 Å². The molecule has 1 N–H and O–H groups in total. The van der Waals surface area contributed by atoms with Crippen molar-refractivity contribution in [1.29, 1.82) is 0 Å². The van der Waals surface area contributed by atoms with Gasteiger partial charge >= 0.3 is 0 Å². The molecule has 0 bridgehead atoms. The molecule has 1 aromatic rings. The molecule has 4 heteroatoms. The fourth-order valence-corrected chi connectivity index (χ4v) is 2.80. The molecule has 3 nitrogen and oxygen atoms in total. The highest BCUT2D eigenvalue weighted by Gasteiger charge is 2.20. The second-order valence-corrected chi connectivity index (χ2v) is 5.92. The Morgan fingerprint density at radius 2 is 2.32 bits per heavy atom. The van der Waals surface area contributed by atoms with Crippen molar-refractivity contribution < 1.29 is 4.79 Å². The Hall–Kier alpha value is -1.06. The SMILES string of the molecule is Cc1ccc(Cl)cc1NC(=O)CC1CCCN(C)C1. The molecule has 2 rings (SSSR count). The lowest BCUT2D eigenvalue weighted by atomic mass is 9.95. The van der Waals surface area contributed by atoms with Crippen LogP contribution in [0.4, 0.5) is 5.69 Å². The Balaban J connectivity index is 1.92. The summed E-state index contributed by atoms with van der Waals surface area (Å²) in [6.45, 7) is 4.13. The standard InChI is InChI=1S/C15H21ClN2O/c1-11-5-6-13(16)9-14(11)17-15(19)8-12-4-3-7-18(2)10-12/h5-6,9,12H,3-4,7-8,10H2,1-2H3,(H,17,19). The number of benzene rings is 1. The Kier molecular flexibility index (Phi) is 4.83. The summed E-state index contributed by atoms with van der Waals surface area (Å²) >= 11 is 5.95. The fraction of sp³-hybridized carbons (Fsp3) is 0.533. The minimum Gasteiger partial charge on any atom is -0.326 e. The number of carbonyl (C=O) groups is 1. The molecule has 1 aromatic carbocycles. The van der Waals surface area contributed by atoms with E-state index in [0.717, 1.165) is 30.8 Å². The first-order chi connectivity index (χ1) is 9.04. The first-order valence-corrected chi connectivity index (χ1v) is 7.17. The number of hydrogen-bond donors (Lipinski definition) is 1. The second-order valence-electron chi connectivity index (χ2n) is 5.48. The van der Waals surface area contributed by atoms with E-state index in [0.29, 0.717) is 17.4 Å². The molecule has 0 radical (unpaired) electrons. The van der Waals surface area contributed by atoms with E-state index in [1.165, 1.54) is 6.42 Å². The van der Waals surface area contributed by atoms with E-state index < -0.39 is 0 Å². The fourth-order valence-electron chi connectivity index (χ4n) is 2.63. The Bertz CT molecular complexity index is 461. The average molecular weight is 281 g/mol. The number of halogens is 1. The van der Waals surface area contributed by atoms with Crippen LogP contribution in [0.25, 0.3) is 0 Å². The number of amides is 1. The quantitative estimate of drug-likeness (QED) is 0.921. The zero-order chi connectivity index (χ0) is 13.8. The van der Waals surface area contributed by atoms with Crippen molar-refractivity contribution in [3.63, 3.8) is 0 Å². The number of nitrogens with zero attached hydrogens (tertiary/aromatic N) is 1. The van der Waals surface area contributed by atoms with Gasteiger partial charge in [0.1, 0.15) is 0 Å². The second kappa shape index (κ2) is 6.40. The van der Waals surface area contributed by atoms with Crippen molar-refractivity contribution >= 4 is 23.2 Å². The van der Waals surface area contributed by atoms with Crippen molar-refractivity contribution in [3.05, 3.63) is 28.8 Å². The molecule has 1 heterocycles. The summed E-state index contributed by atoms with van der Waals surface area (Å²) in [7, 11) is 2.12. The first-order valence-electron chi connectivity index (χ1n) is 6.79. The molecule has 0 aliphatic carbocycles. The van der Waals surface area contributed by atoms with Crippen LogP contribution in [0.15, 0.2) is 18.2 Å². The average Bonchev–Trinajstić information content (AvgIpc) is 2.34. The topological polar surface area (TPSA) is 32.3 Å². The Labute approximate surface area is 119 Å². The van der Waals surface area contributed by atoms with Gasteiger partial charge in [0.15, 0.2) is 0 Å². The maximum atomic E-state index is 12.1. The van der Waals surface area contributed by atoms with Gasteiger partial charge in [-0.3, -0.25) is 4.79 Å². The summed E-state index contributed by atoms with van der Waals surface area (Å²) < 4.78 is 0. The molecule has 0 spiro atoms. The number of carbonyl (C=O) groups excluding carboxylic acids is 1. The molecule has 1 aliphatic rings. The monoisotopic (exact) mass is 280 g/mol. The van der Waals surface area contributed by atoms with Crippen molar-refractivity contribution in [2.24, 2.45) is 5.92 Å². The number of likely N-dealkylation sites (tertiary alicyclic amines) is 1. The van der Waals surface area contributed by atoms with Gasteiger partial charge < -0.3 is 10.2 Å². The van der Waals surface area contributed by atoms with E-state index in [2.05, 4.69) is 17.3 Å². The first kappa shape index (κ1) is 14.4. The van der Waals surface area contributed by atoms with E-state index in [1.807, 2.05) is 25.1 Å². The summed E-state index contributed by atoms with van der Waals surface area (Å²) in [5.74, 6) is 0.559. The van der Waals surface area contributed by atoms with Crippen LogP contribution in [-0.4, -0.2) is 30.9 Å². The van der Waals surface area contributed by atoms with Gasteiger partial charge in [0.05, 0.1) is 0 Å². The van der Waals surface area contributed by atoms with E-state index in [4.69, 9.17) is 11.6 Å². The molecule has 1 saturated heterocycles. The van der Waals surface area contributed by atoms with Gasteiger partial charge in [0.25, 0.3) is 0 Å². The number of anilines is 1. The number of hydrogen-bond acceptors (Lipinski definition) is 2. The number of nitrogens with one attached hydrogen (secondary N) is 1. The molecule has 19 heavy (non-hydrogen) atoms. The van der Waals surface area contributed by atoms with Crippen LogP contribution in [0.2, 0.25) is 5.02 Å². The summed E-state index contributed by atoms with van der Waals surface area (Å²) in [5.41, 5.74) is 1.86. The Morgan fingerprint density at radius 3 is 3.05 bits per heavy atom. The lowest BCUT2D eigenvalue weighted by molar-refractivity contribution is -0.117. The third-order valence-electron chi connectivity index (χ3n) is 3.67. The molecule has 1 aliphatic heterocycles. The van der Waals surface area contributed by atoms with Crippen molar-refractivity contribution in [3.8, 4) is 0 Å². The normalized spacial score (nSPS) is 20.3. The maximum Gasteiger partial charge on any atom is 0.224 e. The van der Waals surface area contributed by atoms with Gasteiger partial charge in [-0.05, 0) is 57.0 Å². The number of rotatable bonds is 3. The molecular weight excluding hydrogens is 260 g/mol. The highest BCUT2D eigenvalue weighted by atomic mass is 35.5. The number of aryl methyl sites for hydroxylation is 1. The zero-order valence-electron chi connectivity index (χ0n) is 11.6. The van der Waals surface area contributed by atoms with E-state index in [9.17, 15) is 4.79 Å². The van der Waals surface area contributed by atoms with Crippen LogP contribution in [0, 0.1) is 12.8 Å². The lowest BCUT2D eigenvalue weighted by Crippen LogP contribution is -2.34. The summed E-state index contributed by atoms with van der Waals surface area (Å²) in [4.78, 5) is 14.4. The van der Waals surface area contributed by atoms with Crippen LogP contribution in [0.5, 0.6) is 0 Å². The van der Waals surface area contributed by atoms with Gasteiger partial charge in [-0.1, -0.05) is 17.7 Å². The molecule has 0 aromatic heterocycles. The van der Waals surface area contributed by atoms with Crippen LogP contribution < -0.4 is 5.32 Å². The molecule has 1 unspecified atom stereocenters. The summed E-state index contributed by atoms with van der Waals surface area (Å²) in [6.07, 6.45) is 2.92. The van der Waals surface area contributed by atoms with Crippen LogP contribution >= 0.6 is 11.6 Å². The van der Waals surface area contributed by atoms with Crippen LogP contribution in [0.1, 0.15) is 24.8 Å². The van der Waals surface area contributed by atoms with Gasteiger partial charge in [-0.2, -0.15) is 0 Å². The largest absolute Gasteiger partial charge is 0.326 e. The molecular formula is C15H21ClN2O. The minimum atomic E-state index is 0.0886. The van der Waals surface area contributed by atoms with Crippen molar-refractivity contribution in [2.45, 2.75) is 26.2 Å². The third-order valence-corrected chi connectivity index (χ3v) is 3.90. The van der Waals surface area contributed by atoms with Crippen LogP contribution in [-0.2, 0) is 4.79 Å².